The summed E-state index contributed by atoms with van der Waals surface area (Å²) in [6.45, 7) is 2.33. The van der Waals surface area contributed by atoms with Crippen molar-refractivity contribution in [2.24, 2.45) is 29.1 Å². The third-order valence-electron chi connectivity index (χ3n) is 8.55. The van der Waals surface area contributed by atoms with Crippen molar-refractivity contribution in [1.29, 1.82) is 0 Å². The minimum atomic E-state index is -0.165. The zero-order valence-electron chi connectivity index (χ0n) is 17.8. The third kappa shape index (κ3) is 2.89. The molecule has 0 amide bonds. The van der Waals surface area contributed by atoms with Crippen LogP contribution in [0.3, 0.4) is 0 Å². The van der Waals surface area contributed by atoms with E-state index >= 15 is 0 Å². The minimum Gasteiger partial charge on any atom is -0.508 e. The maximum Gasteiger partial charge on any atom is 0.115 e. The van der Waals surface area contributed by atoms with Gasteiger partial charge in [0.25, 0.3) is 0 Å². The summed E-state index contributed by atoms with van der Waals surface area (Å²) in [5.74, 6) is 2.79. The molecule has 0 aromatic heterocycles. The molecule has 1 aromatic rings. The molecular formula is C26H33NO2. The number of rotatable bonds is 2. The van der Waals surface area contributed by atoms with Crippen LogP contribution >= 0.6 is 0 Å². The van der Waals surface area contributed by atoms with Crippen LogP contribution in [0.2, 0.25) is 0 Å². The van der Waals surface area contributed by atoms with Crippen LogP contribution in [-0.2, 0) is 0 Å². The summed E-state index contributed by atoms with van der Waals surface area (Å²) < 4.78 is 0. The summed E-state index contributed by atoms with van der Waals surface area (Å²) in [6, 6.07) is 9.01. The van der Waals surface area contributed by atoms with Crippen LogP contribution in [0.25, 0.3) is 0 Å². The molecule has 0 bridgehead atoms. The number of anilines is 1. The minimum absolute atomic E-state index is 0.0463. The number of nitrogens with zero attached hydrogens (tertiary/aromatic N) is 1. The Hall–Kier alpha value is -2.00. The molecule has 0 spiro atoms. The van der Waals surface area contributed by atoms with Gasteiger partial charge in [0.1, 0.15) is 5.76 Å². The standard InChI is InChI=1S/C26H33NO2/c1-26-13-12-21-20-9-8-19(28)14-17(20)15-22(25(21)23(26)10-11-24(26)29)16-4-6-18(7-5-16)27(2)3/h4-9,14-15,20-25,28-29H,10-13H2,1-3H3/t20-,21+,22-,23-,24-,25-,26-/m0/s1. The van der Waals surface area contributed by atoms with Crippen molar-refractivity contribution in [1.82, 2.24) is 0 Å². The van der Waals surface area contributed by atoms with Crippen LogP contribution in [0.4, 0.5) is 5.69 Å². The zero-order valence-corrected chi connectivity index (χ0v) is 17.8. The summed E-state index contributed by atoms with van der Waals surface area (Å²) in [7, 11) is 4.15. The predicted octanol–water partition coefficient (Wildman–Crippen LogP) is 5.21. The summed E-state index contributed by atoms with van der Waals surface area (Å²) >= 11 is 0. The molecule has 0 heterocycles. The highest BCUT2D eigenvalue weighted by atomic mass is 16.3. The van der Waals surface area contributed by atoms with Crippen LogP contribution in [-0.4, -0.2) is 30.4 Å². The summed E-state index contributed by atoms with van der Waals surface area (Å²) in [4.78, 5) is 2.14. The van der Waals surface area contributed by atoms with Gasteiger partial charge in [0.15, 0.2) is 0 Å². The normalized spacial score (nSPS) is 40.4. The van der Waals surface area contributed by atoms with Crippen molar-refractivity contribution in [3.8, 4) is 0 Å². The molecule has 0 saturated heterocycles. The molecule has 7 atom stereocenters. The molecule has 29 heavy (non-hydrogen) atoms. The van der Waals surface area contributed by atoms with E-state index in [0.717, 1.165) is 25.7 Å². The predicted molar refractivity (Wildman–Crippen MR) is 118 cm³/mol. The Morgan fingerprint density at radius 1 is 1.03 bits per heavy atom. The molecule has 0 unspecified atom stereocenters. The molecule has 0 aliphatic heterocycles. The number of benzene rings is 1. The topological polar surface area (TPSA) is 43.7 Å². The first-order chi connectivity index (χ1) is 13.9. The highest BCUT2D eigenvalue weighted by molar-refractivity contribution is 5.49. The first-order valence-corrected chi connectivity index (χ1v) is 11.1. The maximum atomic E-state index is 10.8. The molecule has 4 aliphatic carbocycles. The molecule has 2 saturated carbocycles. The van der Waals surface area contributed by atoms with Crippen molar-refractivity contribution in [3.63, 3.8) is 0 Å². The van der Waals surface area contributed by atoms with Gasteiger partial charge < -0.3 is 15.1 Å². The van der Waals surface area contributed by atoms with Gasteiger partial charge in [-0.3, -0.25) is 0 Å². The van der Waals surface area contributed by atoms with Gasteiger partial charge >= 0.3 is 0 Å². The number of fused-ring (bicyclic) bond motifs is 5. The second-order valence-electron chi connectivity index (χ2n) is 10.1. The SMILES string of the molecule is CN(C)c1ccc([C@@H]2C=C3C=C(O)C=C[C@@H]3[C@H]3CC[C@]4(C)[C@@H](O)CC[C@H]4[C@@H]32)cc1. The van der Waals surface area contributed by atoms with E-state index in [1.54, 1.807) is 0 Å². The fourth-order valence-electron chi connectivity index (χ4n) is 6.94. The lowest BCUT2D eigenvalue weighted by Crippen LogP contribution is -2.48. The Morgan fingerprint density at radius 2 is 1.79 bits per heavy atom. The van der Waals surface area contributed by atoms with Crippen LogP contribution in [0, 0.1) is 29.1 Å². The molecule has 2 fully saturated rings. The second-order valence-corrected chi connectivity index (χ2v) is 10.1. The van der Waals surface area contributed by atoms with E-state index in [1.807, 2.05) is 12.2 Å². The van der Waals surface area contributed by atoms with Crippen molar-refractivity contribution < 1.29 is 10.2 Å². The van der Waals surface area contributed by atoms with Gasteiger partial charge in [-0.25, -0.2) is 0 Å². The Morgan fingerprint density at radius 3 is 2.52 bits per heavy atom. The Kier molecular flexibility index (Phi) is 4.43. The number of aliphatic hydroxyl groups is 2. The maximum absolute atomic E-state index is 10.8. The Bertz CT molecular complexity index is 880. The highest BCUT2D eigenvalue weighted by Crippen LogP contribution is 2.63. The monoisotopic (exact) mass is 391 g/mol. The van der Waals surface area contributed by atoms with E-state index in [1.165, 1.54) is 16.8 Å². The Balaban J connectivity index is 1.60. The lowest BCUT2D eigenvalue weighted by atomic mass is 9.50. The first-order valence-electron chi connectivity index (χ1n) is 11.1. The average Bonchev–Trinajstić information content (AvgIpc) is 3.02. The molecule has 0 radical (unpaired) electrons. The number of allylic oxidation sites excluding steroid dienone is 5. The lowest BCUT2D eigenvalue weighted by molar-refractivity contribution is -0.0458. The van der Waals surface area contributed by atoms with Crippen LogP contribution in [0.5, 0.6) is 0 Å². The average molecular weight is 392 g/mol. The third-order valence-corrected chi connectivity index (χ3v) is 8.55. The van der Waals surface area contributed by atoms with Gasteiger partial charge in [-0.1, -0.05) is 31.2 Å². The van der Waals surface area contributed by atoms with Crippen molar-refractivity contribution >= 4 is 5.69 Å². The van der Waals surface area contributed by atoms with Gasteiger partial charge in [-0.2, -0.15) is 0 Å². The van der Waals surface area contributed by atoms with Gasteiger partial charge in [0.05, 0.1) is 6.10 Å². The fraction of sp³-hybridized carbons (Fsp3) is 0.538. The van der Waals surface area contributed by atoms with Crippen LogP contribution in [0.15, 0.2) is 59.9 Å². The van der Waals surface area contributed by atoms with E-state index < -0.39 is 0 Å². The van der Waals surface area contributed by atoms with E-state index in [0.29, 0.717) is 35.3 Å². The summed E-state index contributed by atoms with van der Waals surface area (Å²) in [5, 5.41) is 20.9. The lowest BCUT2D eigenvalue weighted by Gasteiger charge is -2.54. The molecule has 3 heteroatoms. The molecule has 5 rings (SSSR count). The zero-order chi connectivity index (χ0) is 20.3. The quantitative estimate of drug-likeness (QED) is 0.727. The number of aliphatic hydroxyl groups excluding tert-OH is 2. The molecule has 154 valence electrons. The number of hydrogen-bond acceptors (Lipinski definition) is 3. The molecule has 4 aliphatic rings. The smallest absolute Gasteiger partial charge is 0.115 e. The summed E-state index contributed by atoms with van der Waals surface area (Å²) in [5.41, 5.74) is 3.90. The van der Waals surface area contributed by atoms with Crippen LogP contribution in [0.1, 0.15) is 44.1 Å². The van der Waals surface area contributed by atoms with Crippen molar-refractivity contribution in [2.45, 2.75) is 44.6 Å². The van der Waals surface area contributed by atoms with Gasteiger partial charge in [-0.15, -0.1) is 0 Å². The van der Waals surface area contributed by atoms with E-state index in [9.17, 15) is 10.2 Å². The first kappa shape index (κ1) is 19.0. The van der Waals surface area contributed by atoms with E-state index in [4.69, 9.17) is 0 Å². The van der Waals surface area contributed by atoms with Crippen molar-refractivity contribution in [2.75, 3.05) is 19.0 Å². The van der Waals surface area contributed by atoms with Gasteiger partial charge in [0.2, 0.25) is 0 Å². The Labute approximate surface area is 174 Å². The van der Waals surface area contributed by atoms with E-state index in [-0.39, 0.29) is 11.5 Å². The second kappa shape index (κ2) is 6.77. The molecule has 1 aromatic carbocycles. The van der Waals surface area contributed by atoms with Crippen molar-refractivity contribution in [3.05, 3.63) is 65.5 Å². The van der Waals surface area contributed by atoms with Crippen LogP contribution < -0.4 is 4.90 Å². The number of hydrogen-bond donors (Lipinski definition) is 2. The fourth-order valence-corrected chi connectivity index (χ4v) is 6.94. The molecular weight excluding hydrogens is 358 g/mol. The van der Waals surface area contributed by atoms with Gasteiger partial charge in [0, 0.05) is 31.6 Å². The highest BCUT2D eigenvalue weighted by Gasteiger charge is 2.57. The largest absolute Gasteiger partial charge is 0.508 e. The molecule has 3 nitrogen and oxygen atoms in total. The molecule has 2 N–H and O–H groups in total. The van der Waals surface area contributed by atoms with E-state index in [2.05, 4.69) is 62.3 Å². The van der Waals surface area contributed by atoms with Gasteiger partial charge in [-0.05, 0) is 84.3 Å². The summed E-state index contributed by atoms with van der Waals surface area (Å²) in [6.07, 6.45) is 12.7.